The number of halogens is 3. The fourth-order valence-electron chi connectivity index (χ4n) is 2.91. The standard InChI is InChI=1S/C15H19F3N6/c1-10-7-11(2)24(22-10)14-4-3-13(20-21-14)23-6-5-19-12(9-23)8-15(16,17)18/h3-4,7,12,19H,5-6,8-9H2,1-2H3. The number of piperazine rings is 1. The Morgan fingerprint density at radius 3 is 2.50 bits per heavy atom. The molecule has 1 saturated heterocycles. The highest BCUT2D eigenvalue weighted by molar-refractivity contribution is 5.41. The first-order valence-electron chi connectivity index (χ1n) is 7.74. The summed E-state index contributed by atoms with van der Waals surface area (Å²) in [5, 5.41) is 15.6. The van der Waals surface area contributed by atoms with Crippen molar-refractivity contribution in [3.63, 3.8) is 0 Å². The zero-order valence-electron chi connectivity index (χ0n) is 13.5. The van der Waals surface area contributed by atoms with E-state index in [2.05, 4.69) is 20.6 Å². The molecule has 1 unspecified atom stereocenters. The van der Waals surface area contributed by atoms with Crippen LogP contribution < -0.4 is 10.2 Å². The molecule has 3 rings (SSSR count). The van der Waals surface area contributed by atoms with Gasteiger partial charge < -0.3 is 10.2 Å². The lowest BCUT2D eigenvalue weighted by molar-refractivity contribution is -0.139. The van der Waals surface area contributed by atoms with Crippen LogP contribution in [0.15, 0.2) is 18.2 Å². The Bertz CT molecular complexity index is 694. The topological polar surface area (TPSA) is 58.9 Å². The third kappa shape index (κ3) is 3.84. The van der Waals surface area contributed by atoms with E-state index in [4.69, 9.17) is 0 Å². The number of aromatic nitrogens is 4. The lowest BCUT2D eigenvalue weighted by atomic mass is 10.1. The number of anilines is 1. The second-order valence-corrected chi connectivity index (χ2v) is 6.00. The van der Waals surface area contributed by atoms with E-state index >= 15 is 0 Å². The third-order valence-corrected chi connectivity index (χ3v) is 3.92. The molecule has 0 aromatic carbocycles. The number of alkyl halides is 3. The van der Waals surface area contributed by atoms with E-state index in [1.807, 2.05) is 24.8 Å². The van der Waals surface area contributed by atoms with Crippen molar-refractivity contribution in [2.75, 3.05) is 24.5 Å². The molecule has 6 nitrogen and oxygen atoms in total. The van der Waals surface area contributed by atoms with Crippen molar-refractivity contribution in [1.82, 2.24) is 25.3 Å². The summed E-state index contributed by atoms with van der Waals surface area (Å²) < 4.78 is 39.4. The molecule has 0 aliphatic carbocycles. The second kappa shape index (κ2) is 6.39. The van der Waals surface area contributed by atoms with Gasteiger partial charge in [0.15, 0.2) is 11.6 Å². The first-order valence-corrected chi connectivity index (χ1v) is 7.74. The molecule has 24 heavy (non-hydrogen) atoms. The quantitative estimate of drug-likeness (QED) is 0.926. The maximum atomic E-state index is 12.6. The molecule has 1 aliphatic heterocycles. The van der Waals surface area contributed by atoms with Crippen molar-refractivity contribution < 1.29 is 13.2 Å². The molecule has 130 valence electrons. The van der Waals surface area contributed by atoms with Crippen LogP contribution in [0.2, 0.25) is 0 Å². The second-order valence-electron chi connectivity index (χ2n) is 6.00. The van der Waals surface area contributed by atoms with Crippen LogP contribution in [0.5, 0.6) is 0 Å². The van der Waals surface area contributed by atoms with Gasteiger partial charge in [0.05, 0.1) is 12.1 Å². The van der Waals surface area contributed by atoms with Crippen LogP contribution >= 0.6 is 0 Å². The van der Waals surface area contributed by atoms with E-state index < -0.39 is 18.6 Å². The summed E-state index contributed by atoms with van der Waals surface area (Å²) >= 11 is 0. The minimum atomic E-state index is -4.17. The average molecular weight is 340 g/mol. The van der Waals surface area contributed by atoms with Crippen molar-refractivity contribution >= 4 is 5.82 Å². The molecule has 1 atom stereocenters. The number of hydrogen-bond acceptors (Lipinski definition) is 5. The summed E-state index contributed by atoms with van der Waals surface area (Å²) in [7, 11) is 0. The van der Waals surface area contributed by atoms with Crippen LogP contribution in [-0.2, 0) is 0 Å². The first kappa shape index (κ1) is 16.7. The van der Waals surface area contributed by atoms with E-state index in [-0.39, 0.29) is 6.54 Å². The Morgan fingerprint density at radius 2 is 1.92 bits per heavy atom. The number of nitrogens with one attached hydrogen (secondary N) is 1. The molecule has 2 aromatic rings. The SMILES string of the molecule is Cc1cc(C)n(-c2ccc(N3CCNC(CC(F)(F)F)C3)nn2)n1. The van der Waals surface area contributed by atoms with Crippen LogP contribution in [0.3, 0.4) is 0 Å². The molecule has 1 aliphatic rings. The fourth-order valence-corrected chi connectivity index (χ4v) is 2.91. The van der Waals surface area contributed by atoms with E-state index in [0.717, 1.165) is 11.4 Å². The van der Waals surface area contributed by atoms with Crippen molar-refractivity contribution in [3.8, 4) is 5.82 Å². The van der Waals surface area contributed by atoms with E-state index in [1.54, 1.807) is 16.8 Å². The smallest absolute Gasteiger partial charge is 0.352 e. The Labute approximate surface area is 137 Å². The molecular weight excluding hydrogens is 321 g/mol. The fraction of sp³-hybridized carbons (Fsp3) is 0.533. The summed E-state index contributed by atoms with van der Waals surface area (Å²) in [6.45, 7) is 5.16. The number of rotatable bonds is 3. The zero-order valence-corrected chi connectivity index (χ0v) is 13.5. The molecule has 1 fully saturated rings. The normalized spacial score (nSPS) is 18.9. The average Bonchev–Trinajstić information content (AvgIpc) is 2.85. The van der Waals surface area contributed by atoms with Gasteiger partial charge >= 0.3 is 6.18 Å². The number of aryl methyl sites for hydroxylation is 2. The van der Waals surface area contributed by atoms with Gasteiger partial charge in [-0.05, 0) is 32.0 Å². The Balaban J connectivity index is 1.72. The Morgan fingerprint density at radius 1 is 1.21 bits per heavy atom. The van der Waals surface area contributed by atoms with E-state index in [1.165, 1.54) is 0 Å². The third-order valence-electron chi connectivity index (χ3n) is 3.92. The zero-order chi connectivity index (χ0) is 17.3. The molecule has 0 bridgehead atoms. The summed E-state index contributed by atoms with van der Waals surface area (Å²) in [5.41, 5.74) is 1.83. The van der Waals surface area contributed by atoms with Gasteiger partial charge in [-0.3, -0.25) is 0 Å². The Hall–Kier alpha value is -2.16. The maximum absolute atomic E-state index is 12.6. The molecule has 1 N–H and O–H groups in total. The van der Waals surface area contributed by atoms with Gasteiger partial charge in [-0.1, -0.05) is 0 Å². The Kier molecular flexibility index (Phi) is 4.44. The number of nitrogens with zero attached hydrogens (tertiary/aromatic N) is 5. The highest BCUT2D eigenvalue weighted by Gasteiger charge is 2.34. The molecular formula is C15H19F3N6. The van der Waals surface area contributed by atoms with Crippen LogP contribution in [0.4, 0.5) is 19.0 Å². The highest BCUT2D eigenvalue weighted by atomic mass is 19.4. The van der Waals surface area contributed by atoms with Crippen LogP contribution in [-0.4, -0.2) is 51.8 Å². The molecule has 0 saturated carbocycles. The predicted octanol–water partition coefficient (Wildman–Crippen LogP) is 2.01. The molecule has 0 radical (unpaired) electrons. The first-order chi connectivity index (χ1) is 11.3. The van der Waals surface area contributed by atoms with Crippen molar-refractivity contribution in [1.29, 1.82) is 0 Å². The van der Waals surface area contributed by atoms with Gasteiger partial charge in [-0.2, -0.15) is 18.3 Å². The lowest BCUT2D eigenvalue weighted by Gasteiger charge is -2.34. The largest absolute Gasteiger partial charge is 0.390 e. The molecule has 0 amide bonds. The summed E-state index contributed by atoms with van der Waals surface area (Å²) in [6, 6.07) is 4.86. The van der Waals surface area contributed by atoms with Crippen LogP contribution in [0.25, 0.3) is 5.82 Å². The van der Waals surface area contributed by atoms with Crippen molar-refractivity contribution in [2.24, 2.45) is 0 Å². The lowest BCUT2D eigenvalue weighted by Crippen LogP contribution is -2.52. The van der Waals surface area contributed by atoms with Crippen LogP contribution in [0, 0.1) is 13.8 Å². The van der Waals surface area contributed by atoms with Gasteiger partial charge in [-0.15, -0.1) is 10.2 Å². The molecule has 2 aromatic heterocycles. The number of hydrogen-bond donors (Lipinski definition) is 1. The molecule has 3 heterocycles. The molecule has 0 spiro atoms. The minimum Gasteiger partial charge on any atom is -0.352 e. The maximum Gasteiger partial charge on any atom is 0.390 e. The van der Waals surface area contributed by atoms with Gasteiger partial charge in [0.2, 0.25) is 0 Å². The van der Waals surface area contributed by atoms with Gasteiger partial charge in [0.25, 0.3) is 0 Å². The molecule has 9 heteroatoms. The van der Waals surface area contributed by atoms with E-state index in [9.17, 15) is 13.2 Å². The monoisotopic (exact) mass is 340 g/mol. The van der Waals surface area contributed by atoms with Gasteiger partial charge in [0.1, 0.15) is 0 Å². The van der Waals surface area contributed by atoms with Crippen molar-refractivity contribution in [3.05, 3.63) is 29.6 Å². The van der Waals surface area contributed by atoms with Crippen molar-refractivity contribution in [2.45, 2.75) is 32.5 Å². The predicted molar refractivity (Wildman–Crippen MR) is 83.3 cm³/mol. The summed E-state index contributed by atoms with van der Waals surface area (Å²) in [4.78, 5) is 1.82. The summed E-state index contributed by atoms with van der Waals surface area (Å²) in [6.07, 6.45) is -5.02. The van der Waals surface area contributed by atoms with Gasteiger partial charge in [0, 0.05) is 31.4 Å². The summed E-state index contributed by atoms with van der Waals surface area (Å²) in [5.74, 6) is 1.17. The van der Waals surface area contributed by atoms with Crippen LogP contribution in [0.1, 0.15) is 17.8 Å². The van der Waals surface area contributed by atoms with Gasteiger partial charge in [-0.25, -0.2) is 4.68 Å². The minimum absolute atomic E-state index is 0.257. The highest BCUT2D eigenvalue weighted by Crippen LogP contribution is 2.24. The van der Waals surface area contributed by atoms with E-state index in [0.29, 0.717) is 24.7 Å².